The Hall–Kier alpha value is -2.09. The van der Waals surface area contributed by atoms with Gasteiger partial charge in [-0.1, -0.05) is 48.5 Å². The molecule has 1 saturated carbocycles. The maximum absolute atomic E-state index is 11.6. The fraction of sp³-hybridized carbons (Fsp3) is 0.235. The number of hydrogen-bond acceptors (Lipinski definition) is 2. The Kier molecular flexibility index (Phi) is 1.97. The van der Waals surface area contributed by atoms with Gasteiger partial charge in [-0.3, -0.25) is 4.79 Å². The van der Waals surface area contributed by atoms with Crippen LogP contribution < -0.4 is 0 Å². The SMILES string of the molecule is C=C[C@@H]1C2CC(=O)O[C@]21c1cccc2ccccc12. The van der Waals surface area contributed by atoms with E-state index in [9.17, 15) is 4.79 Å². The fourth-order valence-electron chi connectivity index (χ4n) is 3.63. The molecule has 0 amide bonds. The van der Waals surface area contributed by atoms with Crippen molar-refractivity contribution in [1.82, 2.24) is 0 Å². The highest BCUT2D eigenvalue weighted by atomic mass is 16.6. The van der Waals surface area contributed by atoms with Crippen molar-refractivity contribution < 1.29 is 9.53 Å². The summed E-state index contributed by atoms with van der Waals surface area (Å²) in [6.45, 7) is 3.89. The van der Waals surface area contributed by atoms with E-state index in [1.54, 1.807) is 0 Å². The molecule has 2 aromatic rings. The van der Waals surface area contributed by atoms with Crippen LogP contribution in [-0.4, -0.2) is 5.97 Å². The van der Waals surface area contributed by atoms with Gasteiger partial charge in [0.05, 0.1) is 6.42 Å². The molecule has 2 fully saturated rings. The summed E-state index contributed by atoms with van der Waals surface area (Å²) < 4.78 is 5.71. The molecule has 1 aliphatic carbocycles. The zero-order valence-corrected chi connectivity index (χ0v) is 10.5. The van der Waals surface area contributed by atoms with Crippen LogP contribution in [0.25, 0.3) is 10.8 Å². The van der Waals surface area contributed by atoms with Gasteiger partial charge in [0.15, 0.2) is 0 Å². The van der Waals surface area contributed by atoms with Crippen LogP contribution in [0.1, 0.15) is 12.0 Å². The zero-order valence-electron chi connectivity index (χ0n) is 10.5. The smallest absolute Gasteiger partial charge is 0.307 e. The predicted molar refractivity (Wildman–Crippen MR) is 73.5 cm³/mol. The lowest BCUT2D eigenvalue weighted by atomic mass is 9.97. The molecular weight excluding hydrogens is 236 g/mol. The van der Waals surface area contributed by atoms with Crippen LogP contribution in [0.5, 0.6) is 0 Å². The monoisotopic (exact) mass is 250 g/mol. The molecule has 0 bridgehead atoms. The quantitative estimate of drug-likeness (QED) is 0.603. The third kappa shape index (κ3) is 1.24. The van der Waals surface area contributed by atoms with Gasteiger partial charge in [-0.15, -0.1) is 6.58 Å². The Morgan fingerprint density at radius 2 is 2.00 bits per heavy atom. The van der Waals surface area contributed by atoms with Gasteiger partial charge in [0.25, 0.3) is 0 Å². The van der Waals surface area contributed by atoms with Crippen LogP contribution >= 0.6 is 0 Å². The number of hydrogen-bond donors (Lipinski definition) is 0. The minimum atomic E-state index is -0.445. The van der Waals surface area contributed by atoms with Crippen LogP contribution in [0.4, 0.5) is 0 Å². The van der Waals surface area contributed by atoms with Crippen molar-refractivity contribution in [2.45, 2.75) is 12.0 Å². The minimum absolute atomic E-state index is 0.0870. The molecule has 19 heavy (non-hydrogen) atoms. The average molecular weight is 250 g/mol. The number of fused-ring (bicyclic) bond motifs is 2. The molecular formula is C17H14O2. The second-order valence-electron chi connectivity index (χ2n) is 5.37. The van der Waals surface area contributed by atoms with Crippen molar-refractivity contribution in [1.29, 1.82) is 0 Å². The Morgan fingerprint density at radius 3 is 2.84 bits per heavy atom. The van der Waals surface area contributed by atoms with Crippen LogP contribution in [0, 0.1) is 11.8 Å². The molecule has 1 aliphatic heterocycles. The number of carbonyl (C=O) groups excluding carboxylic acids is 1. The van der Waals surface area contributed by atoms with Crippen molar-refractivity contribution in [3.05, 3.63) is 60.7 Å². The van der Waals surface area contributed by atoms with Crippen molar-refractivity contribution in [3.63, 3.8) is 0 Å². The summed E-state index contributed by atoms with van der Waals surface area (Å²) in [6.07, 6.45) is 2.44. The fourth-order valence-corrected chi connectivity index (χ4v) is 3.63. The van der Waals surface area contributed by atoms with Crippen molar-refractivity contribution in [2.75, 3.05) is 0 Å². The summed E-state index contributed by atoms with van der Waals surface area (Å²) in [6, 6.07) is 14.4. The molecule has 4 rings (SSSR count). The number of benzene rings is 2. The van der Waals surface area contributed by atoms with E-state index in [2.05, 4.69) is 30.8 Å². The number of rotatable bonds is 2. The third-order valence-electron chi connectivity index (χ3n) is 4.50. The highest BCUT2D eigenvalue weighted by Gasteiger charge is 2.72. The van der Waals surface area contributed by atoms with Gasteiger partial charge in [0.2, 0.25) is 0 Å². The summed E-state index contributed by atoms with van der Waals surface area (Å²) in [4.78, 5) is 11.6. The Morgan fingerprint density at radius 1 is 1.21 bits per heavy atom. The number of ether oxygens (including phenoxy) is 1. The standard InChI is InChI=1S/C17H14O2/c1-2-13-15-10-16(18)19-17(13,15)14-9-5-7-11-6-3-4-8-12(11)14/h2-9,13,15H,1,10H2/t13-,15?,17-/m1/s1. The van der Waals surface area contributed by atoms with E-state index in [1.165, 1.54) is 10.8 Å². The van der Waals surface area contributed by atoms with Crippen molar-refractivity contribution >= 4 is 16.7 Å². The second-order valence-corrected chi connectivity index (χ2v) is 5.37. The van der Waals surface area contributed by atoms with E-state index in [-0.39, 0.29) is 17.8 Å². The summed E-state index contributed by atoms with van der Waals surface area (Å²) in [5.74, 6) is 0.440. The summed E-state index contributed by atoms with van der Waals surface area (Å²) in [5.41, 5.74) is 0.686. The molecule has 2 nitrogen and oxygen atoms in total. The van der Waals surface area contributed by atoms with Crippen LogP contribution in [0.2, 0.25) is 0 Å². The summed E-state index contributed by atoms with van der Waals surface area (Å²) in [5, 5.41) is 2.36. The Balaban J connectivity index is 1.96. The molecule has 0 N–H and O–H groups in total. The topological polar surface area (TPSA) is 26.3 Å². The maximum atomic E-state index is 11.6. The van der Waals surface area contributed by atoms with E-state index in [0.29, 0.717) is 6.42 Å². The minimum Gasteiger partial charge on any atom is -0.453 e. The summed E-state index contributed by atoms with van der Waals surface area (Å²) in [7, 11) is 0. The molecule has 0 spiro atoms. The predicted octanol–water partition coefficient (Wildman–Crippen LogP) is 3.41. The highest BCUT2D eigenvalue weighted by molar-refractivity contribution is 5.89. The van der Waals surface area contributed by atoms with Gasteiger partial charge in [-0.2, -0.15) is 0 Å². The van der Waals surface area contributed by atoms with Gasteiger partial charge in [0.1, 0.15) is 5.60 Å². The largest absolute Gasteiger partial charge is 0.453 e. The van der Waals surface area contributed by atoms with E-state index < -0.39 is 5.60 Å². The average Bonchev–Trinajstić information content (AvgIpc) is 2.89. The van der Waals surface area contributed by atoms with E-state index in [4.69, 9.17) is 4.74 Å². The lowest BCUT2D eigenvalue weighted by molar-refractivity contribution is -0.146. The maximum Gasteiger partial charge on any atom is 0.307 e. The molecule has 1 saturated heterocycles. The zero-order chi connectivity index (χ0) is 13.0. The number of carbonyl (C=O) groups is 1. The lowest BCUT2D eigenvalue weighted by Crippen LogP contribution is -2.15. The van der Waals surface area contributed by atoms with Gasteiger partial charge >= 0.3 is 5.97 Å². The molecule has 0 radical (unpaired) electrons. The molecule has 1 unspecified atom stereocenters. The molecule has 94 valence electrons. The third-order valence-corrected chi connectivity index (χ3v) is 4.50. The van der Waals surface area contributed by atoms with E-state index >= 15 is 0 Å². The van der Waals surface area contributed by atoms with Crippen molar-refractivity contribution in [2.24, 2.45) is 11.8 Å². The molecule has 1 heterocycles. The molecule has 0 aromatic heterocycles. The van der Waals surface area contributed by atoms with Gasteiger partial charge < -0.3 is 4.74 Å². The van der Waals surface area contributed by atoms with E-state index in [1.807, 2.05) is 24.3 Å². The second kappa shape index (κ2) is 3.47. The first-order valence-electron chi connectivity index (χ1n) is 6.60. The van der Waals surface area contributed by atoms with E-state index in [0.717, 1.165) is 5.56 Å². The first kappa shape index (κ1) is 10.8. The van der Waals surface area contributed by atoms with Crippen molar-refractivity contribution in [3.8, 4) is 0 Å². The van der Waals surface area contributed by atoms with Gasteiger partial charge in [-0.25, -0.2) is 0 Å². The van der Waals surface area contributed by atoms with Crippen LogP contribution in [0.3, 0.4) is 0 Å². The molecule has 3 atom stereocenters. The Bertz CT molecular complexity index is 698. The molecule has 2 aromatic carbocycles. The van der Waals surface area contributed by atoms with Crippen LogP contribution in [0.15, 0.2) is 55.1 Å². The number of esters is 1. The normalized spacial score (nSPS) is 31.9. The molecule has 2 aliphatic rings. The lowest BCUT2D eigenvalue weighted by Gasteiger charge is -2.17. The highest BCUT2D eigenvalue weighted by Crippen LogP contribution is 2.67. The molecule has 2 heteroatoms. The van der Waals surface area contributed by atoms with Gasteiger partial charge in [-0.05, 0) is 10.8 Å². The first-order chi connectivity index (χ1) is 9.27. The van der Waals surface area contributed by atoms with Crippen LogP contribution in [-0.2, 0) is 15.1 Å². The summed E-state index contributed by atoms with van der Waals surface area (Å²) >= 11 is 0. The first-order valence-corrected chi connectivity index (χ1v) is 6.60. The Labute approximate surface area is 111 Å². The van der Waals surface area contributed by atoms with Gasteiger partial charge in [0, 0.05) is 17.4 Å².